The van der Waals surface area contributed by atoms with E-state index in [2.05, 4.69) is 20.8 Å². The van der Waals surface area contributed by atoms with Gasteiger partial charge in [-0.05, 0) is 42.4 Å². The van der Waals surface area contributed by atoms with Crippen molar-refractivity contribution in [2.75, 3.05) is 0 Å². The SMILES string of the molecule is CCCCC1C2C(CCC(C)CC)C12. The van der Waals surface area contributed by atoms with Crippen LogP contribution in [0, 0.1) is 29.6 Å². The fourth-order valence-electron chi connectivity index (χ4n) is 3.24. The van der Waals surface area contributed by atoms with Gasteiger partial charge < -0.3 is 0 Å². The van der Waals surface area contributed by atoms with Crippen LogP contribution in [-0.2, 0) is 0 Å². The van der Waals surface area contributed by atoms with Crippen LogP contribution < -0.4 is 0 Å². The van der Waals surface area contributed by atoms with Crippen LogP contribution in [0.4, 0.5) is 0 Å². The molecule has 14 heavy (non-hydrogen) atoms. The van der Waals surface area contributed by atoms with Crippen molar-refractivity contribution in [1.82, 2.24) is 0 Å². The van der Waals surface area contributed by atoms with Gasteiger partial charge in [0.2, 0.25) is 0 Å². The molecule has 0 aromatic carbocycles. The summed E-state index contributed by atoms with van der Waals surface area (Å²) in [6, 6.07) is 0. The topological polar surface area (TPSA) is 0 Å². The minimum atomic E-state index is 0.976. The van der Waals surface area contributed by atoms with Crippen molar-refractivity contribution in [2.45, 2.75) is 59.3 Å². The van der Waals surface area contributed by atoms with Gasteiger partial charge in [0.1, 0.15) is 0 Å². The van der Waals surface area contributed by atoms with Crippen LogP contribution in [0.15, 0.2) is 0 Å². The van der Waals surface area contributed by atoms with Crippen molar-refractivity contribution < 1.29 is 0 Å². The van der Waals surface area contributed by atoms with Gasteiger partial charge in [-0.3, -0.25) is 0 Å². The fraction of sp³-hybridized carbons (Fsp3) is 1.00. The lowest BCUT2D eigenvalue weighted by Gasteiger charge is -2.13. The summed E-state index contributed by atoms with van der Waals surface area (Å²) in [5.74, 6) is 5.78. The minimum absolute atomic E-state index is 0.976. The van der Waals surface area contributed by atoms with Crippen LogP contribution in [0.25, 0.3) is 0 Å². The molecule has 0 N–H and O–H groups in total. The first-order chi connectivity index (χ1) is 6.79. The van der Waals surface area contributed by atoms with E-state index >= 15 is 0 Å². The molecule has 2 fully saturated rings. The van der Waals surface area contributed by atoms with Crippen molar-refractivity contribution in [3.05, 3.63) is 0 Å². The zero-order valence-corrected chi connectivity index (χ0v) is 10.1. The molecule has 0 bridgehead atoms. The Morgan fingerprint density at radius 2 is 1.64 bits per heavy atom. The highest BCUT2D eigenvalue weighted by Crippen LogP contribution is 2.76. The highest BCUT2D eigenvalue weighted by Gasteiger charge is 2.71. The van der Waals surface area contributed by atoms with E-state index in [9.17, 15) is 0 Å². The van der Waals surface area contributed by atoms with E-state index in [1.165, 1.54) is 49.4 Å². The Kier molecular flexibility index (Phi) is 3.19. The van der Waals surface area contributed by atoms with Gasteiger partial charge in [0.05, 0.1) is 0 Å². The highest BCUT2D eigenvalue weighted by molar-refractivity contribution is 5.18. The summed E-state index contributed by atoms with van der Waals surface area (Å²) >= 11 is 0. The van der Waals surface area contributed by atoms with Crippen molar-refractivity contribution in [2.24, 2.45) is 29.6 Å². The Bertz CT molecular complexity index is 174. The van der Waals surface area contributed by atoms with E-state index in [-0.39, 0.29) is 0 Å². The molecule has 2 aliphatic carbocycles. The van der Waals surface area contributed by atoms with E-state index in [1.807, 2.05) is 0 Å². The first kappa shape index (κ1) is 10.5. The summed E-state index contributed by atoms with van der Waals surface area (Å²) in [6.07, 6.45) is 8.85. The van der Waals surface area contributed by atoms with E-state index < -0.39 is 0 Å². The van der Waals surface area contributed by atoms with Gasteiger partial charge in [0.15, 0.2) is 0 Å². The number of unbranched alkanes of at least 4 members (excludes halogenated alkanes) is 1. The minimum Gasteiger partial charge on any atom is -0.0654 e. The molecule has 0 saturated heterocycles. The Balaban J connectivity index is 1.51. The molecule has 0 radical (unpaired) electrons. The number of hydrogen-bond acceptors (Lipinski definition) is 0. The zero-order chi connectivity index (χ0) is 10.1. The van der Waals surface area contributed by atoms with Gasteiger partial charge in [-0.2, -0.15) is 0 Å². The Morgan fingerprint density at radius 1 is 1.00 bits per heavy atom. The summed E-state index contributed by atoms with van der Waals surface area (Å²) in [4.78, 5) is 0. The smallest absolute Gasteiger partial charge is 0.0318 e. The highest BCUT2D eigenvalue weighted by atomic mass is 14.8. The first-order valence-electron chi connectivity index (χ1n) is 6.79. The maximum atomic E-state index is 2.41. The van der Waals surface area contributed by atoms with Gasteiger partial charge in [-0.25, -0.2) is 0 Å². The summed E-state index contributed by atoms with van der Waals surface area (Å²) in [7, 11) is 0. The van der Waals surface area contributed by atoms with Gasteiger partial charge in [0.25, 0.3) is 0 Å². The molecule has 3 atom stereocenters. The van der Waals surface area contributed by atoms with E-state index in [4.69, 9.17) is 0 Å². The monoisotopic (exact) mass is 194 g/mol. The molecule has 0 nitrogen and oxygen atoms in total. The van der Waals surface area contributed by atoms with Crippen molar-refractivity contribution in [1.29, 1.82) is 0 Å². The maximum absolute atomic E-state index is 2.41. The van der Waals surface area contributed by atoms with Gasteiger partial charge in [0, 0.05) is 0 Å². The molecule has 0 spiro atoms. The van der Waals surface area contributed by atoms with Crippen LogP contribution >= 0.6 is 0 Å². The second-order valence-corrected chi connectivity index (χ2v) is 5.72. The van der Waals surface area contributed by atoms with Crippen molar-refractivity contribution in [3.8, 4) is 0 Å². The quantitative estimate of drug-likeness (QED) is 0.560. The molecule has 2 aliphatic rings. The van der Waals surface area contributed by atoms with Crippen LogP contribution in [0.2, 0.25) is 0 Å². The normalized spacial score (nSPS) is 40.5. The van der Waals surface area contributed by atoms with E-state index in [0.717, 1.165) is 5.92 Å². The summed E-state index contributed by atoms with van der Waals surface area (Å²) in [5.41, 5.74) is 0. The molecule has 0 aliphatic heterocycles. The predicted octanol–water partition coefficient (Wildman–Crippen LogP) is 4.49. The van der Waals surface area contributed by atoms with Crippen LogP contribution in [0.5, 0.6) is 0 Å². The van der Waals surface area contributed by atoms with E-state index in [1.54, 1.807) is 12.8 Å². The third kappa shape index (κ3) is 1.99. The molecule has 0 heteroatoms. The Hall–Kier alpha value is 0. The van der Waals surface area contributed by atoms with Crippen LogP contribution in [0.3, 0.4) is 0 Å². The molecule has 0 aromatic heterocycles. The number of fused-ring (bicyclic) bond motifs is 1. The molecular formula is C14H26. The molecule has 0 aromatic rings. The van der Waals surface area contributed by atoms with E-state index in [0.29, 0.717) is 0 Å². The first-order valence-corrected chi connectivity index (χ1v) is 6.79. The van der Waals surface area contributed by atoms with Crippen molar-refractivity contribution in [3.63, 3.8) is 0 Å². The third-order valence-electron chi connectivity index (χ3n) is 4.72. The molecule has 3 unspecified atom stereocenters. The largest absolute Gasteiger partial charge is 0.0654 e. The maximum Gasteiger partial charge on any atom is -0.0318 e. The number of hydrogen-bond donors (Lipinski definition) is 0. The fourth-order valence-corrected chi connectivity index (χ4v) is 3.24. The molecule has 82 valence electrons. The molecule has 2 rings (SSSR count). The standard InChI is InChI=1S/C14H26/c1-4-6-7-11-13-12(14(11)13)9-8-10(3)5-2/h10-14H,4-9H2,1-3H3. The molecule has 0 amide bonds. The lowest BCUT2D eigenvalue weighted by Crippen LogP contribution is -2.03. The van der Waals surface area contributed by atoms with Crippen LogP contribution in [0.1, 0.15) is 59.3 Å². The predicted molar refractivity (Wildman–Crippen MR) is 62.2 cm³/mol. The summed E-state index contributed by atoms with van der Waals surface area (Å²) < 4.78 is 0. The average molecular weight is 194 g/mol. The summed E-state index contributed by atoms with van der Waals surface area (Å²) in [5, 5.41) is 0. The molecular weight excluding hydrogens is 168 g/mol. The number of rotatable bonds is 7. The van der Waals surface area contributed by atoms with Gasteiger partial charge in [-0.15, -0.1) is 0 Å². The third-order valence-corrected chi connectivity index (χ3v) is 4.72. The average Bonchev–Trinajstić information content (AvgIpc) is 3.06. The summed E-state index contributed by atoms with van der Waals surface area (Å²) in [6.45, 7) is 7.04. The second-order valence-electron chi connectivity index (χ2n) is 5.72. The van der Waals surface area contributed by atoms with Crippen molar-refractivity contribution >= 4 is 0 Å². The Morgan fingerprint density at radius 3 is 2.21 bits per heavy atom. The molecule has 2 saturated carbocycles. The zero-order valence-electron chi connectivity index (χ0n) is 10.1. The lowest BCUT2D eigenvalue weighted by atomic mass is 9.92. The molecule has 0 heterocycles. The lowest BCUT2D eigenvalue weighted by molar-refractivity contribution is 0.376. The van der Waals surface area contributed by atoms with Gasteiger partial charge in [-0.1, -0.05) is 46.5 Å². The van der Waals surface area contributed by atoms with Gasteiger partial charge >= 0.3 is 0 Å². The van der Waals surface area contributed by atoms with Crippen LogP contribution in [-0.4, -0.2) is 0 Å². The Labute approximate surface area is 89.5 Å². The second kappa shape index (κ2) is 4.24.